The fourth-order valence-electron chi connectivity index (χ4n) is 8.80. The monoisotopic (exact) mass is 770 g/mol. The Kier molecular flexibility index (Phi) is 14.0. The van der Waals surface area contributed by atoms with Gasteiger partial charge in [-0.1, -0.05) is 111 Å². The van der Waals surface area contributed by atoms with Crippen molar-refractivity contribution in [3.05, 3.63) is 88.8 Å². The molecule has 0 radical (unpaired) electrons. The van der Waals surface area contributed by atoms with Crippen LogP contribution in [-0.2, 0) is 31.9 Å². The molecule has 3 aliphatic rings. The number of methoxy groups -OCH3 is 1. The van der Waals surface area contributed by atoms with Gasteiger partial charge in [-0.2, -0.15) is 5.70 Å². The SMILES string of the molecule is CCc1c2[n-]c(c1C)/C=C1\[N-]C(C3=c4[n-]c(c(C)c4=C(O)[C@@H]3C(=O)OC)/C=c3\[n-]/c(c(C)c3CC)=C\2)[C@@H](CCC(=O)OC/C=C(\C)CCC[C@H](C)CC)[C@@H]1C.[Mg+2]. The van der Waals surface area contributed by atoms with E-state index in [1.165, 1.54) is 31.1 Å². The molecule has 296 valence electrons. The molecule has 10 heteroatoms. The van der Waals surface area contributed by atoms with Gasteiger partial charge >= 0.3 is 35.0 Å². The van der Waals surface area contributed by atoms with Crippen molar-refractivity contribution in [2.75, 3.05) is 13.7 Å². The number of carbonyl (C=O) groups excluding carboxylic acids is 2. The van der Waals surface area contributed by atoms with Crippen molar-refractivity contribution in [1.29, 1.82) is 0 Å². The third-order valence-electron chi connectivity index (χ3n) is 12.5. The van der Waals surface area contributed by atoms with Crippen LogP contribution >= 0.6 is 0 Å². The molecular formula is C46H58MgN4O5-2. The van der Waals surface area contributed by atoms with Gasteiger partial charge in [0.1, 0.15) is 18.3 Å². The number of ether oxygens (including phenoxy) is 2. The number of fused-ring (bicyclic) bond motifs is 8. The molecule has 3 aromatic heterocycles. The van der Waals surface area contributed by atoms with E-state index in [9.17, 15) is 14.7 Å². The average Bonchev–Trinajstić information content (AvgIpc) is 3.90. The van der Waals surface area contributed by atoms with Crippen LogP contribution in [0.2, 0.25) is 0 Å². The summed E-state index contributed by atoms with van der Waals surface area (Å²) in [6.07, 6.45) is 15.0. The molecule has 56 heavy (non-hydrogen) atoms. The van der Waals surface area contributed by atoms with Gasteiger partial charge in [-0.3, -0.25) is 9.59 Å². The number of allylic oxidation sites excluding steroid dienone is 2. The van der Waals surface area contributed by atoms with Gasteiger partial charge in [0.05, 0.1) is 7.11 Å². The van der Waals surface area contributed by atoms with Crippen LogP contribution in [0.25, 0.3) is 34.9 Å². The average molecular weight is 771 g/mol. The minimum Gasteiger partial charge on any atom is -0.681 e. The van der Waals surface area contributed by atoms with Gasteiger partial charge in [0, 0.05) is 11.6 Å². The fraction of sp³-hybridized carbons (Fsp3) is 0.522. The number of hydrogen-bond donors (Lipinski definition) is 1. The second-order valence-corrected chi connectivity index (χ2v) is 15.9. The van der Waals surface area contributed by atoms with E-state index >= 15 is 0 Å². The van der Waals surface area contributed by atoms with E-state index in [-0.39, 0.29) is 59.6 Å². The molecule has 5 heterocycles. The Balaban J connectivity index is 0.00000600. The fourth-order valence-corrected chi connectivity index (χ4v) is 8.80. The van der Waals surface area contributed by atoms with E-state index in [2.05, 4.69) is 67.5 Å². The van der Waals surface area contributed by atoms with E-state index in [4.69, 9.17) is 29.7 Å². The smallest absolute Gasteiger partial charge is 0.681 e. The maximum atomic E-state index is 13.6. The summed E-state index contributed by atoms with van der Waals surface area (Å²) in [7, 11) is 1.33. The molecule has 2 aliphatic heterocycles. The number of hydrogen-bond acceptors (Lipinski definition) is 5. The van der Waals surface area contributed by atoms with Crippen LogP contribution in [-0.4, -0.2) is 59.9 Å². The van der Waals surface area contributed by atoms with Gasteiger partial charge < -0.3 is 34.8 Å². The van der Waals surface area contributed by atoms with Gasteiger partial charge in [0.15, 0.2) is 0 Å². The first kappa shape index (κ1) is 43.2. The summed E-state index contributed by atoms with van der Waals surface area (Å²) >= 11 is 0. The van der Waals surface area contributed by atoms with E-state index in [1.54, 1.807) is 0 Å². The maximum Gasteiger partial charge on any atom is 2.00 e. The van der Waals surface area contributed by atoms with Gasteiger partial charge in [-0.25, -0.2) is 0 Å². The standard InChI is InChI=1S/C46H58N4O5.Mg/c1-11-24(4)15-14-16-25(5)19-20-55-39(51)18-17-32-28(8)35-21-33-26(6)30(12-2)37(47-33)22-34-27(7)31(13-3)38(48-34)23-36-29(9)40-44(50-36)41(43(32)49-35)42(45(40)52)46(53)54-10;/h19,21-24,28,32,42-43,52H,11-18,20H2,1-10H3;/q-4;+2/b25-19+,34-22-,35-21-,38-23-;/t24-,28+,32+,42-,43?;/m1./s1. The summed E-state index contributed by atoms with van der Waals surface area (Å²) in [5.41, 5.74) is 10.4. The molecule has 8 bridgehead atoms. The van der Waals surface area contributed by atoms with E-state index in [1.807, 2.05) is 19.1 Å². The van der Waals surface area contributed by atoms with Gasteiger partial charge in [0.2, 0.25) is 0 Å². The Morgan fingerprint density at radius 2 is 1.61 bits per heavy atom. The summed E-state index contributed by atoms with van der Waals surface area (Å²) in [5, 5.41) is 20.0. The second kappa shape index (κ2) is 18.1. The molecule has 0 saturated carbocycles. The molecule has 6 rings (SSSR count). The normalized spacial score (nSPS) is 22.6. The zero-order chi connectivity index (χ0) is 39.7. The van der Waals surface area contributed by atoms with Crippen molar-refractivity contribution < 1.29 is 24.2 Å². The minimum absolute atomic E-state index is 0. The van der Waals surface area contributed by atoms with Crippen LogP contribution < -0.4 is 36.2 Å². The third kappa shape index (κ3) is 8.24. The first-order valence-electron chi connectivity index (χ1n) is 20.3. The summed E-state index contributed by atoms with van der Waals surface area (Å²) in [6.45, 7) is 19.4. The molecular weight excluding hydrogens is 713 g/mol. The van der Waals surface area contributed by atoms with E-state index in [0.717, 1.165) is 81.6 Å². The van der Waals surface area contributed by atoms with Crippen LogP contribution in [0.3, 0.4) is 0 Å². The Labute approximate surface area is 348 Å². The molecule has 1 aliphatic carbocycles. The van der Waals surface area contributed by atoms with Crippen LogP contribution in [0.15, 0.2) is 17.3 Å². The number of esters is 2. The van der Waals surface area contributed by atoms with Crippen molar-refractivity contribution in [2.24, 2.45) is 23.7 Å². The summed E-state index contributed by atoms with van der Waals surface area (Å²) in [4.78, 5) is 42.2. The molecule has 9 nitrogen and oxygen atoms in total. The Morgan fingerprint density at radius 3 is 2.29 bits per heavy atom. The van der Waals surface area contributed by atoms with E-state index in [0.29, 0.717) is 28.3 Å². The predicted molar refractivity (Wildman–Crippen MR) is 224 cm³/mol. The number of aliphatic hydroxyl groups excluding tert-OH is 1. The van der Waals surface area contributed by atoms with Gasteiger partial charge in [-0.15, -0.1) is 33.1 Å². The number of aromatic nitrogens is 3. The molecule has 0 spiro atoms. The van der Waals surface area contributed by atoms with Crippen LogP contribution in [0.5, 0.6) is 0 Å². The first-order chi connectivity index (χ1) is 26.3. The van der Waals surface area contributed by atoms with Crippen LogP contribution in [0, 0.1) is 44.4 Å². The number of nitrogens with zero attached hydrogens (tertiary/aromatic N) is 4. The molecule has 5 atom stereocenters. The third-order valence-corrected chi connectivity index (χ3v) is 12.5. The molecule has 1 fully saturated rings. The van der Waals surface area contributed by atoms with Crippen molar-refractivity contribution in [3.63, 3.8) is 0 Å². The van der Waals surface area contributed by atoms with Crippen molar-refractivity contribution in [2.45, 2.75) is 120 Å². The Hall–Kier alpha value is -3.89. The van der Waals surface area contributed by atoms with Gasteiger partial charge in [0.25, 0.3) is 0 Å². The van der Waals surface area contributed by atoms with Crippen molar-refractivity contribution in [3.8, 4) is 0 Å². The van der Waals surface area contributed by atoms with Gasteiger partial charge in [-0.05, 0) is 83.6 Å². The Morgan fingerprint density at radius 1 is 0.911 bits per heavy atom. The quantitative estimate of drug-likeness (QED) is 0.140. The number of aliphatic hydroxyl groups is 1. The summed E-state index contributed by atoms with van der Waals surface area (Å²) in [5.74, 6) is -1.53. The molecule has 1 saturated heterocycles. The largest absolute Gasteiger partial charge is 2.00 e. The topological polar surface area (TPSA) is 129 Å². The number of rotatable bonds is 13. The van der Waals surface area contributed by atoms with Crippen molar-refractivity contribution in [1.82, 2.24) is 15.0 Å². The van der Waals surface area contributed by atoms with Crippen molar-refractivity contribution >= 4 is 64.6 Å². The molecule has 1 unspecified atom stereocenters. The van der Waals surface area contributed by atoms with Crippen LogP contribution in [0.4, 0.5) is 0 Å². The second-order valence-electron chi connectivity index (χ2n) is 15.9. The summed E-state index contributed by atoms with van der Waals surface area (Å²) in [6, 6.07) is -0.548. The first-order valence-corrected chi connectivity index (χ1v) is 20.3. The molecule has 0 amide bonds. The zero-order valence-electron chi connectivity index (χ0n) is 35.1. The van der Waals surface area contributed by atoms with E-state index < -0.39 is 17.9 Å². The number of carbonyl (C=O) groups is 2. The zero-order valence-corrected chi connectivity index (χ0v) is 36.6. The Bertz CT molecular complexity index is 2290. The minimum atomic E-state index is -1.05. The molecule has 3 aromatic rings. The molecule has 0 aromatic carbocycles. The molecule has 1 N–H and O–H groups in total. The van der Waals surface area contributed by atoms with Crippen LogP contribution in [0.1, 0.15) is 125 Å². The summed E-state index contributed by atoms with van der Waals surface area (Å²) < 4.78 is 11.0. The maximum absolute atomic E-state index is 13.6. The predicted octanol–water partition coefficient (Wildman–Crippen LogP) is 5.35.